The Balaban J connectivity index is 2.50. The van der Waals surface area contributed by atoms with E-state index in [0.29, 0.717) is 24.1 Å². The number of hydrogen-bond donors (Lipinski definition) is 1. The van der Waals surface area contributed by atoms with E-state index >= 15 is 0 Å². The van der Waals surface area contributed by atoms with Gasteiger partial charge in [0, 0.05) is 38.3 Å². The molecule has 1 fully saturated rings. The second-order valence-corrected chi connectivity index (χ2v) is 5.34. The molecular weight excluding hydrogens is 200 g/mol. The first-order valence-electron chi connectivity index (χ1n) is 6.63. The average molecular weight is 228 g/mol. The van der Waals surface area contributed by atoms with Crippen molar-refractivity contribution < 1.29 is 4.74 Å². The van der Waals surface area contributed by atoms with Crippen molar-refractivity contribution in [3.05, 3.63) is 0 Å². The minimum Gasteiger partial charge on any atom is -0.377 e. The normalized spacial score (nSPS) is 29.6. The van der Waals surface area contributed by atoms with Gasteiger partial charge in [0.15, 0.2) is 0 Å². The number of piperazine rings is 1. The lowest BCUT2D eigenvalue weighted by atomic mass is 9.98. The van der Waals surface area contributed by atoms with Crippen LogP contribution in [0.3, 0.4) is 0 Å². The second kappa shape index (κ2) is 6.58. The van der Waals surface area contributed by atoms with Crippen LogP contribution < -0.4 is 5.32 Å². The summed E-state index contributed by atoms with van der Waals surface area (Å²) in [6.07, 6.45) is 0.344. The van der Waals surface area contributed by atoms with Gasteiger partial charge in [0.05, 0.1) is 6.10 Å². The molecular formula is C13H28N2O. The summed E-state index contributed by atoms with van der Waals surface area (Å²) in [5, 5.41) is 3.57. The van der Waals surface area contributed by atoms with Gasteiger partial charge in [-0.25, -0.2) is 0 Å². The zero-order valence-corrected chi connectivity index (χ0v) is 11.5. The summed E-state index contributed by atoms with van der Waals surface area (Å²) in [6.45, 7) is 15.2. The monoisotopic (exact) mass is 228 g/mol. The third kappa shape index (κ3) is 4.04. The molecule has 1 aliphatic heterocycles. The first-order chi connectivity index (χ1) is 7.54. The fourth-order valence-corrected chi connectivity index (χ4v) is 2.54. The molecule has 0 spiro atoms. The smallest absolute Gasteiger partial charge is 0.0673 e. The van der Waals surface area contributed by atoms with Crippen molar-refractivity contribution in [1.82, 2.24) is 10.2 Å². The van der Waals surface area contributed by atoms with Crippen LogP contribution in [0.25, 0.3) is 0 Å². The Hall–Kier alpha value is -0.120. The first-order valence-corrected chi connectivity index (χ1v) is 6.63. The van der Waals surface area contributed by atoms with Crippen LogP contribution in [0.2, 0.25) is 0 Å². The third-order valence-electron chi connectivity index (χ3n) is 3.37. The van der Waals surface area contributed by atoms with E-state index in [9.17, 15) is 0 Å². The SMILES string of the molecule is CCOC(C)CN1CC(C)NCC1C(C)C. The lowest BCUT2D eigenvalue weighted by Gasteiger charge is -2.42. The highest BCUT2D eigenvalue weighted by molar-refractivity contribution is 4.86. The molecule has 0 aromatic rings. The molecule has 1 heterocycles. The van der Waals surface area contributed by atoms with E-state index in [1.54, 1.807) is 0 Å². The van der Waals surface area contributed by atoms with Crippen molar-refractivity contribution >= 4 is 0 Å². The summed E-state index contributed by atoms with van der Waals surface area (Å²) in [7, 11) is 0. The van der Waals surface area contributed by atoms with Gasteiger partial charge in [-0.2, -0.15) is 0 Å². The zero-order valence-electron chi connectivity index (χ0n) is 11.5. The van der Waals surface area contributed by atoms with E-state index in [0.717, 1.165) is 26.2 Å². The topological polar surface area (TPSA) is 24.5 Å². The molecule has 3 atom stereocenters. The summed E-state index contributed by atoms with van der Waals surface area (Å²) in [4.78, 5) is 2.59. The van der Waals surface area contributed by atoms with Crippen LogP contribution in [0.4, 0.5) is 0 Å². The van der Waals surface area contributed by atoms with Gasteiger partial charge in [0.2, 0.25) is 0 Å². The zero-order chi connectivity index (χ0) is 12.1. The average Bonchev–Trinajstić information content (AvgIpc) is 2.17. The molecule has 1 saturated heterocycles. The number of rotatable bonds is 5. The van der Waals surface area contributed by atoms with Crippen molar-refractivity contribution in [2.45, 2.75) is 52.8 Å². The van der Waals surface area contributed by atoms with Gasteiger partial charge in [0.1, 0.15) is 0 Å². The molecule has 0 aromatic heterocycles. The maximum absolute atomic E-state index is 5.65. The molecule has 1 aliphatic rings. The van der Waals surface area contributed by atoms with Crippen LogP contribution in [-0.2, 0) is 4.74 Å². The van der Waals surface area contributed by atoms with Crippen LogP contribution in [0, 0.1) is 5.92 Å². The van der Waals surface area contributed by atoms with Crippen molar-refractivity contribution in [3.8, 4) is 0 Å². The molecule has 3 unspecified atom stereocenters. The largest absolute Gasteiger partial charge is 0.377 e. The van der Waals surface area contributed by atoms with E-state index in [2.05, 4.69) is 44.8 Å². The lowest BCUT2D eigenvalue weighted by Crippen LogP contribution is -2.58. The fraction of sp³-hybridized carbons (Fsp3) is 1.00. The Bertz CT molecular complexity index is 196. The Morgan fingerprint density at radius 3 is 2.62 bits per heavy atom. The van der Waals surface area contributed by atoms with Crippen molar-refractivity contribution in [2.75, 3.05) is 26.2 Å². The minimum absolute atomic E-state index is 0.344. The summed E-state index contributed by atoms with van der Waals surface area (Å²) in [5.74, 6) is 0.703. The molecule has 0 bridgehead atoms. The molecule has 0 saturated carbocycles. The molecule has 96 valence electrons. The third-order valence-corrected chi connectivity index (χ3v) is 3.37. The van der Waals surface area contributed by atoms with Crippen LogP contribution >= 0.6 is 0 Å². The van der Waals surface area contributed by atoms with Crippen LogP contribution in [0.15, 0.2) is 0 Å². The summed E-state index contributed by atoms with van der Waals surface area (Å²) < 4.78 is 5.65. The molecule has 16 heavy (non-hydrogen) atoms. The highest BCUT2D eigenvalue weighted by Gasteiger charge is 2.28. The number of ether oxygens (including phenoxy) is 1. The Morgan fingerprint density at radius 1 is 1.38 bits per heavy atom. The highest BCUT2D eigenvalue weighted by Crippen LogP contribution is 2.15. The summed E-state index contributed by atoms with van der Waals surface area (Å²) in [5.41, 5.74) is 0. The Morgan fingerprint density at radius 2 is 2.06 bits per heavy atom. The number of nitrogens with one attached hydrogen (secondary N) is 1. The predicted molar refractivity (Wildman–Crippen MR) is 68.8 cm³/mol. The molecule has 1 N–H and O–H groups in total. The van der Waals surface area contributed by atoms with Gasteiger partial charge in [-0.05, 0) is 26.7 Å². The molecule has 0 aliphatic carbocycles. The van der Waals surface area contributed by atoms with Gasteiger partial charge in [-0.1, -0.05) is 13.8 Å². The maximum atomic E-state index is 5.65. The molecule has 0 amide bonds. The molecule has 0 radical (unpaired) electrons. The van der Waals surface area contributed by atoms with Crippen LogP contribution in [0.5, 0.6) is 0 Å². The summed E-state index contributed by atoms with van der Waals surface area (Å²) in [6, 6.07) is 1.25. The Labute approximate surface area is 101 Å². The minimum atomic E-state index is 0.344. The number of nitrogens with zero attached hydrogens (tertiary/aromatic N) is 1. The van der Waals surface area contributed by atoms with Gasteiger partial charge >= 0.3 is 0 Å². The van der Waals surface area contributed by atoms with Gasteiger partial charge in [0.25, 0.3) is 0 Å². The first kappa shape index (κ1) is 13.9. The molecule has 0 aromatic carbocycles. The van der Waals surface area contributed by atoms with E-state index in [-0.39, 0.29) is 0 Å². The second-order valence-electron chi connectivity index (χ2n) is 5.34. The van der Waals surface area contributed by atoms with Crippen LogP contribution in [0.1, 0.15) is 34.6 Å². The van der Waals surface area contributed by atoms with Crippen molar-refractivity contribution in [1.29, 1.82) is 0 Å². The van der Waals surface area contributed by atoms with Gasteiger partial charge in [-0.3, -0.25) is 4.90 Å². The van der Waals surface area contributed by atoms with Crippen molar-refractivity contribution in [3.63, 3.8) is 0 Å². The van der Waals surface area contributed by atoms with E-state index in [1.165, 1.54) is 0 Å². The standard InChI is InChI=1S/C13H28N2O/c1-6-16-12(5)9-15-8-11(4)14-7-13(15)10(2)3/h10-14H,6-9H2,1-5H3. The highest BCUT2D eigenvalue weighted by atomic mass is 16.5. The van der Waals surface area contributed by atoms with Crippen molar-refractivity contribution in [2.24, 2.45) is 5.92 Å². The molecule has 3 nitrogen and oxygen atoms in total. The lowest BCUT2D eigenvalue weighted by molar-refractivity contribution is 0.0120. The summed E-state index contributed by atoms with van der Waals surface area (Å²) >= 11 is 0. The van der Waals surface area contributed by atoms with E-state index < -0.39 is 0 Å². The number of hydrogen-bond acceptors (Lipinski definition) is 3. The quantitative estimate of drug-likeness (QED) is 0.775. The van der Waals surface area contributed by atoms with Gasteiger partial charge in [-0.15, -0.1) is 0 Å². The van der Waals surface area contributed by atoms with E-state index in [4.69, 9.17) is 4.74 Å². The van der Waals surface area contributed by atoms with E-state index in [1.807, 2.05) is 0 Å². The fourth-order valence-electron chi connectivity index (χ4n) is 2.54. The van der Waals surface area contributed by atoms with Gasteiger partial charge < -0.3 is 10.1 Å². The molecule has 1 rings (SSSR count). The maximum Gasteiger partial charge on any atom is 0.0673 e. The van der Waals surface area contributed by atoms with Crippen LogP contribution in [-0.4, -0.2) is 49.3 Å². The Kier molecular flexibility index (Phi) is 5.73. The predicted octanol–water partition coefficient (Wildman–Crippen LogP) is 1.73. The molecule has 3 heteroatoms.